The second-order valence-electron chi connectivity index (χ2n) is 4.73. The van der Waals surface area contributed by atoms with Crippen LogP contribution in [0.25, 0.3) is 0 Å². The highest BCUT2D eigenvalue weighted by Gasteiger charge is 2.31. The Morgan fingerprint density at radius 2 is 1.81 bits per heavy atom. The maximum absolute atomic E-state index is 11.8. The fraction of sp³-hybridized carbons (Fsp3) is 0.818. The van der Waals surface area contributed by atoms with E-state index in [4.69, 9.17) is 5.11 Å². The quantitative estimate of drug-likeness (QED) is 0.596. The van der Waals surface area contributed by atoms with Crippen LogP contribution >= 0.6 is 0 Å². The van der Waals surface area contributed by atoms with Gasteiger partial charge in [0, 0.05) is 12.5 Å². The molecule has 16 heavy (non-hydrogen) atoms. The number of carbonyl (C=O) groups is 2. The van der Waals surface area contributed by atoms with Gasteiger partial charge in [-0.05, 0) is 20.3 Å². The summed E-state index contributed by atoms with van der Waals surface area (Å²) in [5.41, 5.74) is -1.44. The average Bonchev–Trinajstić information content (AvgIpc) is 2.08. The molecule has 0 aromatic rings. The normalized spacial score (nSPS) is 13.9. The lowest BCUT2D eigenvalue weighted by Gasteiger charge is -2.25. The van der Waals surface area contributed by atoms with E-state index in [-0.39, 0.29) is 24.7 Å². The first kappa shape index (κ1) is 15.1. The number of rotatable bonds is 7. The number of Topliss-reactive ketones (excluding diaryl/α,β-unsaturated/α-hetero) is 1. The molecule has 3 N–H and O–H groups in total. The van der Waals surface area contributed by atoms with Gasteiger partial charge in [-0.1, -0.05) is 13.8 Å². The van der Waals surface area contributed by atoms with Crippen molar-refractivity contribution in [2.24, 2.45) is 0 Å². The van der Waals surface area contributed by atoms with Gasteiger partial charge < -0.3 is 15.5 Å². The Kier molecular flexibility index (Phi) is 5.61. The van der Waals surface area contributed by atoms with Gasteiger partial charge in [0.1, 0.15) is 5.60 Å². The van der Waals surface area contributed by atoms with E-state index in [2.05, 4.69) is 5.32 Å². The molecule has 0 aliphatic rings. The number of aliphatic carboxylic acids is 1. The number of nitrogens with one attached hydrogen (secondary N) is 1. The summed E-state index contributed by atoms with van der Waals surface area (Å²) in [5.74, 6) is -1.32. The molecule has 0 amide bonds. The van der Waals surface area contributed by atoms with Crippen molar-refractivity contribution < 1.29 is 19.8 Å². The maximum Gasteiger partial charge on any atom is 0.303 e. The molecule has 1 unspecified atom stereocenters. The van der Waals surface area contributed by atoms with Gasteiger partial charge in [0.15, 0.2) is 5.78 Å². The minimum Gasteiger partial charge on any atom is -0.481 e. The molecular weight excluding hydrogens is 210 g/mol. The predicted molar refractivity (Wildman–Crippen MR) is 60.2 cm³/mol. The van der Waals surface area contributed by atoms with E-state index in [1.165, 1.54) is 13.8 Å². The zero-order chi connectivity index (χ0) is 12.9. The summed E-state index contributed by atoms with van der Waals surface area (Å²) in [5, 5.41) is 21.1. The molecule has 0 saturated heterocycles. The number of ketones is 1. The fourth-order valence-electron chi connectivity index (χ4n) is 1.39. The van der Waals surface area contributed by atoms with Gasteiger partial charge in [0.25, 0.3) is 0 Å². The van der Waals surface area contributed by atoms with Gasteiger partial charge in [-0.25, -0.2) is 0 Å². The van der Waals surface area contributed by atoms with Gasteiger partial charge in [0.2, 0.25) is 0 Å². The van der Waals surface area contributed by atoms with Crippen molar-refractivity contribution in [1.29, 1.82) is 0 Å². The van der Waals surface area contributed by atoms with Crippen molar-refractivity contribution in [3.05, 3.63) is 0 Å². The molecule has 5 nitrogen and oxygen atoms in total. The Hall–Kier alpha value is -0.940. The molecule has 0 aromatic carbocycles. The zero-order valence-electron chi connectivity index (χ0n) is 10.3. The number of hydrogen-bond acceptors (Lipinski definition) is 4. The molecule has 0 radical (unpaired) electrons. The highest BCUT2D eigenvalue weighted by molar-refractivity contribution is 5.91. The van der Waals surface area contributed by atoms with Crippen LogP contribution < -0.4 is 5.32 Å². The van der Waals surface area contributed by atoms with Crippen molar-refractivity contribution in [2.45, 2.75) is 58.2 Å². The van der Waals surface area contributed by atoms with E-state index in [1.807, 2.05) is 13.8 Å². The number of carbonyl (C=O) groups excluding carboxylic acids is 1. The van der Waals surface area contributed by atoms with Crippen LogP contribution in [-0.4, -0.2) is 39.7 Å². The van der Waals surface area contributed by atoms with Gasteiger partial charge >= 0.3 is 5.97 Å². The summed E-state index contributed by atoms with van der Waals surface area (Å²) in [4.78, 5) is 22.3. The van der Waals surface area contributed by atoms with Crippen LogP contribution in [-0.2, 0) is 9.59 Å². The second-order valence-corrected chi connectivity index (χ2v) is 4.73. The Labute approximate surface area is 95.9 Å². The molecule has 0 aliphatic heterocycles. The molecule has 1 atom stereocenters. The van der Waals surface area contributed by atoms with Crippen LogP contribution in [0.4, 0.5) is 0 Å². The smallest absolute Gasteiger partial charge is 0.303 e. The number of hydrogen-bond donors (Lipinski definition) is 3. The first-order chi connectivity index (χ1) is 7.14. The molecule has 0 heterocycles. The molecule has 0 saturated carbocycles. The topological polar surface area (TPSA) is 86.6 Å². The molecule has 0 fully saturated rings. The molecule has 0 aliphatic carbocycles. The molecular formula is C11H21NO4. The molecule has 5 heteroatoms. The van der Waals surface area contributed by atoms with E-state index in [0.717, 1.165) is 0 Å². The fourth-order valence-corrected chi connectivity index (χ4v) is 1.39. The first-order valence-corrected chi connectivity index (χ1v) is 5.39. The SMILES string of the molecule is CC(C)NC(CCC(=O)O)C(=O)C(C)(C)O. The summed E-state index contributed by atoms with van der Waals surface area (Å²) in [6.45, 7) is 6.55. The van der Waals surface area contributed by atoms with Crippen molar-refractivity contribution in [1.82, 2.24) is 5.32 Å². The highest BCUT2D eigenvalue weighted by atomic mass is 16.4. The standard InChI is InChI=1S/C11H21NO4/c1-7(2)12-8(5-6-9(13)14)10(15)11(3,4)16/h7-8,12,16H,5-6H2,1-4H3,(H,13,14). The molecule has 0 bridgehead atoms. The Balaban J connectivity index is 4.54. The third kappa shape index (κ3) is 5.82. The van der Waals surface area contributed by atoms with Crippen LogP contribution in [0, 0.1) is 0 Å². The van der Waals surface area contributed by atoms with E-state index >= 15 is 0 Å². The second kappa shape index (κ2) is 5.96. The Morgan fingerprint density at radius 3 is 2.12 bits per heavy atom. The number of carboxylic acid groups (broad SMARTS) is 1. The molecule has 94 valence electrons. The number of carboxylic acids is 1. The van der Waals surface area contributed by atoms with Crippen LogP contribution in [0.15, 0.2) is 0 Å². The lowest BCUT2D eigenvalue weighted by Crippen LogP contribution is -2.49. The maximum atomic E-state index is 11.8. The van der Waals surface area contributed by atoms with Gasteiger partial charge in [-0.2, -0.15) is 0 Å². The van der Waals surface area contributed by atoms with Gasteiger partial charge in [-0.15, -0.1) is 0 Å². The van der Waals surface area contributed by atoms with Crippen LogP contribution in [0.2, 0.25) is 0 Å². The van der Waals surface area contributed by atoms with E-state index < -0.39 is 17.6 Å². The Morgan fingerprint density at radius 1 is 1.31 bits per heavy atom. The number of aliphatic hydroxyl groups is 1. The summed E-state index contributed by atoms with van der Waals surface area (Å²) < 4.78 is 0. The van der Waals surface area contributed by atoms with Crippen LogP contribution in [0.3, 0.4) is 0 Å². The van der Waals surface area contributed by atoms with E-state index in [9.17, 15) is 14.7 Å². The molecule has 0 rings (SSSR count). The molecule has 0 aromatic heterocycles. The van der Waals surface area contributed by atoms with Crippen molar-refractivity contribution in [2.75, 3.05) is 0 Å². The molecule has 0 spiro atoms. The average molecular weight is 231 g/mol. The van der Waals surface area contributed by atoms with Crippen molar-refractivity contribution >= 4 is 11.8 Å². The summed E-state index contributed by atoms with van der Waals surface area (Å²) in [6, 6.07) is -0.554. The zero-order valence-corrected chi connectivity index (χ0v) is 10.3. The monoisotopic (exact) mass is 231 g/mol. The minimum absolute atomic E-state index is 0.0603. The van der Waals surface area contributed by atoms with Crippen molar-refractivity contribution in [3.8, 4) is 0 Å². The lowest BCUT2D eigenvalue weighted by atomic mass is 9.93. The van der Waals surface area contributed by atoms with E-state index in [0.29, 0.717) is 0 Å². The van der Waals surface area contributed by atoms with Crippen LogP contribution in [0.5, 0.6) is 0 Å². The van der Waals surface area contributed by atoms with Gasteiger partial charge in [0.05, 0.1) is 6.04 Å². The highest BCUT2D eigenvalue weighted by Crippen LogP contribution is 2.11. The third-order valence-electron chi connectivity index (χ3n) is 2.10. The van der Waals surface area contributed by atoms with Crippen LogP contribution in [0.1, 0.15) is 40.5 Å². The first-order valence-electron chi connectivity index (χ1n) is 5.39. The van der Waals surface area contributed by atoms with E-state index in [1.54, 1.807) is 0 Å². The van der Waals surface area contributed by atoms with Crippen molar-refractivity contribution in [3.63, 3.8) is 0 Å². The largest absolute Gasteiger partial charge is 0.481 e. The Bertz CT molecular complexity index is 255. The third-order valence-corrected chi connectivity index (χ3v) is 2.10. The predicted octanol–water partition coefficient (Wildman–Crippen LogP) is 0.558. The van der Waals surface area contributed by atoms with Gasteiger partial charge in [-0.3, -0.25) is 9.59 Å². The lowest BCUT2D eigenvalue weighted by molar-refractivity contribution is -0.139. The summed E-state index contributed by atoms with van der Waals surface area (Å²) >= 11 is 0. The minimum atomic E-state index is -1.44. The summed E-state index contributed by atoms with van der Waals surface area (Å²) in [7, 11) is 0. The summed E-state index contributed by atoms with van der Waals surface area (Å²) in [6.07, 6.45) is 0.0997.